The number of hydrogen-bond donors (Lipinski definition) is 2. The van der Waals surface area contributed by atoms with E-state index in [2.05, 4.69) is 85.8 Å². The molecule has 148 valence electrons. The molecule has 4 rings (SSSR count). The third-order valence-electron chi connectivity index (χ3n) is 3.14. The van der Waals surface area contributed by atoms with E-state index in [-0.39, 0.29) is 71.7 Å². The van der Waals surface area contributed by atoms with Crippen molar-refractivity contribution in [2.45, 2.75) is 14.9 Å². The number of fused-ring (bicyclic) bond motifs is 2. The zero-order chi connectivity index (χ0) is 18.2. The van der Waals surface area contributed by atoms with Gasteiger partial charge >= 0.3 is 51.4 Å². The van der Waals surface area contributed by atoms with Gasteiger partial charge in [0.2, 0.25) is 0 Å². The summed E-state index contributed by atoms with van der Waals surface area (Å²) in [6.07, 6.45) is 6.80. The number of pyridine rings is 2. The van der Waals surface area contributed by atoms with Gasteiger partial charge in [0, 0.05) is 76.4 Å². The van der Waals surface area contributed by atoms with Crippen molar-refractivity contribution in [3.05, 3.63) is 57.7 Å². The van der Waals surface area contributed by atoms with E-state index in [1.807, 2.05) is 24.4 Å². The van der Waals surface area contributed by atoms with Crippen LogP contribution in [0.25, 0.3) is 22.1 Å². The van der Waals surface area contributed by atoms with Crippen molar-refractivity contribution < 1.29 is 56.9 Å². The molecule has 0 saturated heterocycles. The second-order valence-electron chi connectivity index (χ2n) is 4.62. The molecule has 4 aromatic rings. The Hall–Kier alpha value is 0.146. The van der Waals surface area contributed by atoms with Gasteiger partial charge in [-0.05, 0) is 40.8 Å². The van der Waals surface area contributed by atoms with Gasteiger partial charge in [-0.15, -0.1) is 0 Å². The van der Waals surface area contributed by atoms with Crippen molar-refractivity contribution >= 4 is 81.9 Å². The van der Waals surface area contributed by atoms with Gasteiger partial charge in [0.1, 0.15) is 23.4 Å². The number of nitriles is 2. The Morgan fingerprint density at radius 3 is 2.03 bits per heavy atom. The van der Waals surface area contributed by atoms with Crippen LogP contribution in [0.15, 0.2) is 43.0 Å². The van der Waals surface area contributed by atoms with Crippen molar-refractivity contribution in [2.24, 2.45) is 0 Å². The molecule has 0 aliphatic rings. The molecule has 0 aliphatic heterocycles. The topological polar surface area (TPSA) is 135 Å². The molecule has 7 nitrogen and oxygen atoms in total. The number of H-pyrrole nitrogens is 2. The number of rotatable bonds is 0. The van der Waals surface area contributed by atoms with Gasteiger partial charge in [0.25, 0.3) is 0 Å². The van der Waals surface area contributed by atoms with E-state index >= 15 is 0 Å². The SMILES string of the molecule is C.C.II.N#Cc1cnc2[nH]cc(I)c2c1.N#Cc1cnc2[nH]ccc2c1.[K+].[OH-]. The van der Waals surface area contributed by atoms with E-state index in [0.29, 0.717) is 11.1 Å². The van der Waals surface area contributed by atoms with Crippen molar-refractivity contribution in [1.82, 2.24) is 19.9 Å². The van der Waals surface area contributed by atoms with Crippen LogP contribution in [0.2, 0.25) is 0 Å². The van der Waals surface area contributed by atoms with Crippen LogP contribution in [0.4, 0.5) is 0 Å². The minimum atomic E-state index is 0. The van der Waals surface area contributed by atoms with Crippen LogP contribution in [-0.4, -0.2) is 25.4 Å². The summed E-state index contributed by atoms with van der Waals surface area (Å²) in [6, 6.07) is 9.62. The minimum absolute atomic E-state index is 0. The standard InChI is InChI=1S/C8H4IN3.C8H5N3.2CH4.I2.K.H2O/c9-7-4-12-8-6(7)1-5(2-10)3-11-8;9-4-6-3-7-1-2-10-8(7)11-5-6;;;1-2;;/h1,3-4H,(H,11,12);1-3,5H,(H,10,11);2*1H4;;;1H2/q;;;;;+1;/p-1. The molecule has 0 spiro atoms. The van der Waals surface area contributed by atoms with E-state index < -0.39 is 0 Å². The van der Waals surface area contributed by atoms with E-state index in [1.54, 1.807) is 24.7 Å². The Morgan fingerprint density at radius 1 is 0.897 bits per heavy atom. The van der Waals surface area contributed by atoms with Crippen molar-refractivity contribution in [3.63, 3.8) is 0 Å². The van der Waals surface area contributed by atoms with E-state index in [9.17, 15) is 0 Å². The monoisotopic (exact) mass is 754 g/mol. The van der Waals surface area contributed by atoms with Gasteiger partial charge in [0.15, 0.2) is 0 Å². The van der Waals surface area contributed by atoms with Crippen LogP contribution in [0.3, 0.4) is 0 Å². The van der Waals surface area contributed by atoms with Crippen LogP contribution in [0, 0.1) is 26.2 Å². The fraction of sp³-hybridized carbons (Fsp3) is 0.111. The Labute approximate surface area is 249 Å². The summed E-state index contributed by atoms with van der Waals surface area (Å²) in [5.74, 6) is 0. The van der Waals surface area contributed by atoms with Crippen LogP contribution in [0.1, 0.15) is 26.0 Å². The molecule has 4 heterocycles. The molecule has 0 aliphatic carbocycles. The smallest absolute Gasteiger partial charge is 0.870 e. The van der Waals surface area contributed by atoms with Gasteiger partial charge in [-0.1, -0.05) is 14.9 Å². The number of nitrogens with one attached hydrogen (secondary N) is 2. The molecule has 0 saturated carbocycles. The first kappa shape index (κ1) is 33.8. The molecule has 0 amide bonds. The van der Waals surface area contributed by atoms with E-state index in [1.165, 1.54) is 0 Å². The molecule has 0 bridgehead atoms. The number of nitrogens with zero attached hydrogens (tertiary/aromatic N) is 4. The molecule has 29 heavy (non-hydrogen) atoms. The summed E-state index contributed by atoms with van der Waals surface area (Å²) >= 11 is 6.45. The molecule has 4 aromatic heterocycles. The maximum atomic E-state index is 8.62. The predicted molar refractivity (Wildman–Crippen MR) is 138 cm³/mol. The summed E-state index contributed by atoms with van der Waals surface area (Å²) in [7, 11) is 0. The van der Waals surface area contributed by atoms with E-state index in [4.69, 9.17) is 10.5 Å². The Kier molecular flexibility index (Phi) is 20.7. The van der Waals surface area contributed by atoms with Gasteiger partial charge in [-0.2, -0.15) is 10.5 Å². The molecule has 0 fully saturated rings. The molecule has 0 atom stereocenters. The Morgan fingerprint density at radius 2 is 1.45 bits per heavy atom. The molecule has 0 aromatic carbocycles. The Balaban J connectivity index is -0.000000382. The van der Waals surface area contributed by atoms with Gasteiger partial charge in [-0.3, -0.25) is 0 Å². The first-order valence-electron chi connectivity index (χ1n) is 6.71. The molecular weight excluding hydrogens is 736 g/mol. The zero-order valence-electron chi connectivity index (χ0n) is 13.9. The van der Waals surface area contributed by atoms with Gasteiger partial charge < -0.3 is 15.4 Å². The number of halogens is 3. The van der Waals surface area contributed by atoms with Crippen LogP contribution in [-0.2, 0) is 0 Å². The van der Waals surface area contributed by atoms with Crippen molar-refractivity contribution in [1.29, 1.82) is 10.5 Å². The quantitative estimate of drug-likeness (QED) is 0.210. The largest absolute Gasteiger partial charge is 1.00 e. The van der Waals surface area contributed by atoms with Gasteiger partial charge in [0.05, 0.1) is 11.1 Å². The Bertz CT molecular complexity index is 1080. The summed E-state index contributed by atoms with van der Waals surface area (Å²) < 4.78 is 1.09. The molecular formula is C18H18I3KN6O. The summed E-state index contributed by atoms with van der Waals surface area (Å²) in [4.78, 5) is 14.1. The number of hydrogen-bond acceptors (Lipinski definition) is 5. The van der Waals surface area contributed by atoms with Crippen LogP contribution >= 0.6 is 59.8 Å². The maximum Gasteiger partial charge on any atom is 1.00 e. The second kappa shape index (κ2) is 17.8. The van der Waals surface area contributed by atoms with Crippen LogP contribution in [0.5, 0.6) is 0 Å². The molecule has 0 radical (unpaired) electrons. The second-order valence-corrected chi connectivity index (χ2v) is 5.78. The molecule has 3 N–H and O–H groups in total. The maximum absolute atomic E-state index is 8.62. The minimum Gasteiger partial charge on any atom is -0.870 e. The third kappa shape index (κ3) is 9.44. The number of aromatic amines is 2. The first-order chi connectivity index (χ1) is 12.2. The summed E-state index contributed by atoms with van der Waals surface area (Å²) in [5, 5.41) is 19.1. The molecule has 0 unspecified atom stereocenters. The average molecular weight is 754 g/mol. The zero-order valence-corrected chi connectivity index (χ0v) is 23.5. The summed E-state index contributed by atoms with van der Waals surface area (Å²) in [5.41, 5.74) is 2.85. The first-order valence-corrected chi connectivity index (χ1v) is 14.1. The fourth-order valence-electron chi connectivity index (χ4n) is 2.03. The summed E-state index contributed by atoms with van der Waals surface area (Å²) in [6.45, 7) is 0. The molecule has 11 heteroatoms. The average Bonchev–Trinajstić information content (AvgIpc) is 3.29. The number of aromatic nitrogens is 4. The fourth-order valence-corrected chi connectivity index (χ4v) is 2.60. The normalized spacial score (nSPS) is 8.03. The van der Waals surface area contributed by atoms with Gasteiger partial charge in [-0.25, -0.2) is 9.97 Å². The third-order valence-corrected chi connectivity index (χ3v) is 4.03. The van der Waals surface area contributed by atoms with Crippen molar-refractivity contribution in [3.8, 4) is 12.1 Å². The predicted octanol–water partition coefficient (Wildman–Crippen LogP) is 3.34. The van der Waals surface area contributed by atoms with E-state index in [0.717, 1.165) is 25.6 Å². The van der Waals surface area contributed by atoms with Crippen LogP contribution < -0.4 is 51.4 Å². The van der Waals surface area contributed by atoms with Crippen molar-refractivity contribution in [2.75, 3.05) is 0 Å².